The number of ether oxygens (including phenoxy) is 2. The van der Waals surface area contributed by atoms with E-state index in [0.29, 0.717) is 6.04 Å². The van der Waals surface area contributed by atoms with Crippen LogP contribution in [-0.4, -0.2) is 52.7 Å². The summed E-state index contributed by atoms with van der Waals surface area (Å²) in [6.45, 7) is 4.24. The summed E-state index contributed by atoms with van der Waals surface area (Å²) in [6, 6.07) is 6.38. The molecule has 0 amide bonds. The van der Waals surface area contributed by atoms with Gasteiger partial charge < -0.3 is 13.9 Å². The molecule has 0 N–H and O–H groups in total. The number of hydrogen-bond acceptors (Lipinski definition) is 5. The van der Waals surface area contributed by atoms with Gasteiger partial charge in [-0.25, -0.2) is 0 Å². The number of aryl methyl sites for hydroxylation is 1. The van der Waals surface area contributed by atoms with E-state index in [-0.39, 0.29) is 12.2 Å². The van der Waals surface area contributed by atoms with Crippen molar-refractivity contribution in [2.24, 2.45) is 0 Å². The summed E-state index contributed by atoms with van der Waals surface area (Å²) in [6.07, 6.45) is 9.16. The van der Waals surface area contributed by atoms with Gasteiger partial charge in [-0.1, -0.05) is 0 Å². The molecule has 2 aliphatic rings. The summed E-state index contributed by atoms with van der Waals surface area (Å²) in [4.78, 5) is 2.46. The molecule has 0 bridgehead atoms. The van der Waals surface area contributed by atoms with Crippen molar-refractivity contribution in [1.82, 2.24) is 14.7 Å². The van der Waals surface area contributed by atoms with E-state index >= 15 is 0 Å². The molecular weight excluding hydrogens is 306 g/mol. The van der Waals surface area contributed by atoms with E-state index < -0.39 is 0 Å². The second-order valence-electron chi connectivity index (χ2n) is 6.59. The standard InChI is InChI=1S/C18H25N3O3/c1-5-15(22-10-1)13-20-14-17(18-16(20)6-2-11-24-18)23-12-4-9-21-8-3-7-19-21/h1,3,5,7-8,10,16-18H,2,4,6,9,11-14H2/t16-,17-,18+/m1/s1. The third-order valence-electron chi connectivity index (χ3n) is 4.95. The zero-order chi connectivity index (χ0) is 16.2. The number of hydrogen-bond donors (Lipinski definition) is 0. The zero-order valence-electron chi connectivity index (χ0n) is 13.9. The average molecular weight is 331 g/mol. The minimum atomic E-state index is 0.155. The predicted molar refractivity (Wildman–Crippen MR) is 88.5 cm³/mol. The van der Waals surface area contributed by atoms with Crippen LogP contribution in [0, 0.1) is 0 Å². The first-order valence-electron chi connectivity index (χ1n) is 8.87. The highest BCUT2D eigenvalue weighted by molar-refractivity contribution is 5.03. The SMILES string of the molecule is c1coc(CN2C[C@@H](OCCCn3cccn3)[C@H]3OCCC[C@H]32)c1. The van der Waals surface area contributed by atoms with E-state index in [9.17, 15) is 0 Å². The largest absolute Gasteiger partial charge is 0.468 e. The topological polar surface area (TPSA) is 52.7 Å². The van der Waals surface area contributed by atoms with Crippen LogP contribution >= 0.6 is 0 Å². The van der Waals surface area contributed by atoms with Crippen molar-refractivity contribution in [1.29, 1.82) is 0 Å². The van der Waals surface area contributed by atoms with Gasteiger partial charge in [0.2, 0.25) is 0 Å². The minimum absolute atomic E-state index is 0.155. The second-order valence-corrected chi connectivity index (χ2v) is 6.59. The quantitative estimate of drug-likeness (QED) is 0.729. The van der Waals surface area contributed by atoms with Crippen LogP contribution < -0.4 is 0 Å². The van der Waals surface area contributed by atoms with Crippen LogP contribution in [0.25, 0.3) is 0 Å². The summed E-state index contributed by atoms with van der Waals surface area (Å²) in [5.74, 6) is 1.01. The van der Waals surface area contributed by atoms with Crippen LogP contribution in [0.15, 0.2) is 41.3 Å². The number of nitrogens with zero attached hydrogens (tertiary/aromatic N) is 3. The molecule has 0 aliphatic carbocycles. The van der Waals surface area contributed by atoms with Gasteiger partial charge in [-0.05, 0) is 37.5 Å². The van der Waals surface area contributed by atoms with Crippen LogP contribution in [0.5, 0.6) is 0 Å². The molecule has 4 rings (SSSR count). The molecule has 24 heavy (non-hydrogen) atoms. The molecule has 6 nitrogen and oxygen atoms in total. The lowest BCUT2D eigenvalue weighted by Crippen LogP contribution is -2.41. The first-order chi connectivity index (χ1) is 11.9. The Bertz CT molecular complexity index is 599. The molecule has 2 aromatic rings. The van der Waals surface area contributed by atoms with Gasteiger partial charge in [0, 0.05) is 44.7 Å². The van der Waals surface area contributed by atoms with Gasteiger partial charge >= 0.3 is 0 Å². The van der Waals surface area contributed by atoms with Crippen molar-refractivity contribution < 1.29 is 13.9 Å². The van der Waals surface area contributed by atoms with Crippen LogP contribution in [0.2, 0.25) is 0 Å². The fourth-order valence-electron chi connectivity index (χ4n) is 3.83. The van der Waals surface area contributed by atoms with Crippen molar-refractivity contribution >= 4 is 0 Å². The number of aromatic nitrogens is 2. The minimum Gasteiger partial charge on any atom is -0.468 e. The Hall–Kier alpha value is -1.63. The first-order valence-corrected chi connectivity index (χ1v) is 8.87. The molecular formula is C18H25N3O3. The Kier molecular flexibility index (Phi) is 4.96. The molecule has 3 atom stereocenters. The van der Waals surface area contributed by atoms with E-state index in [1.54, 1.807) is 6.26 Å². The van der Waals surface area contributed by atoms with Crippen molar-refractivity contribution in [3.05, 3.63) is 42.6 Å². The van der Waals surface area contributed by atoms with E-state index in [1.807, 2.05) is 35.3 Å². The molecule has 2 aliphatic heterocycles. The summed E-state index contributed by atoms with van der Waals surface area (Å²) < 4.78 is 19.7. The lowest BCUT2D eigenvalue weighted by atomic mass is 10.0. The van der Waals surface area contributed by atoms with Gasteiger partial charge in [-0.3, -0.25) is 9.58 Å². The normalized spacial score (nSPS) is 27.4. The number of fused-ring (bicyclic) bond motifs is 1. The zero-order valence-corrected chi connectivity index (χ0v) is 13.9. The summed E-state index contributed by atoms with van der Waals surface area (Å²) in [5.41, 5.74) is 0. The lowest BCUT2D eigenvalue weighted by molar-refractivity contribution is -0.0781. The van der Waals surface area contributed by atoms with E-state index in [4.69, 9.17) is 13.9 Å². The third kappa shape index (κ3) is 3.55. The highest BCUT2D eigenvalue weighted by atomic mass is 16.5. The maximum atomic E-state index is 6.18. The summed E-state index contributed by atoms with van der Waals surface area (Å²) >= 11 is 0. The van der Waals surface area contributed by atoms with Gasteiger partial charge in [-0.15, -0.1) is 0 Å². The van der Waals surface area contributed by atoms with Crippen molar-refractivity contribution in [2.45, 2.75) is 50.6 Å². The average Bonchev–Trinajstić information content (AvgIpc) is 3.35. The predicted octanol–water partition coefficient (Wildman–Crippen LogP) is 2.31. The van der Waals surface area contributed by atoms with Crippen molar-refractivity contribution in [3.8, 4) is 0 Å². The second kappa shape index (κ2) is 7.51. The van der Waals surface area contributed by atoms with Crippen LogP contribution in [0.4, 0.5) is 0 Å². The molecule has 2 aromatic heterocycles. The van der Waals surface area contributed by atoms with Crippen molar-refractivity contribution in [3.63, 3.8) is 0 Å². The Morgan fingerprint density at radius 1 is 1.33 bits per heavy atom. The maximum Gasteiger partial charge on any atom is 0.117 e. The van der Waals surface area contributed by atoms with E-state index in [2.05, 4.69) is 10.00 Å². The highest BCUT2D eigenvalue weighted by Gasteiger charge is 2.44. The number of likely N-dealkylation sites (tertiary alicyclic amines) is 1. The summed E-state index contributed by atoms with van der Waals surface area (Å²) in [7, 11) is 0. The molecule has 2 saturated heterocycles. The molecule has 0 saturated carbocycles. The highest BCUT2D eigenvalue weighted by Crippen LogP contribution is 2.31. The van der Waals surface area contributed by atoms with Crippen LogP contribution in [0.3, 0.4) is 0 Å². The lowest BCUT2D eigenvalue weighted by Gasteiger charge is -2.32. The fourth-order valence-corrected chi connectivity index (χ4v) is 3.83. The number of rotatable bonds is 7. The van der Waals surface area contributed by atoms with E-state index in [0.717, 1.165) is 51.4 Å². The summed E-state index contributed by atoms with van der Waals surface area (Å²) in [5, 5.41) is 4.22. The Balaban J connectivity index is 1.30. The van der Waals surface area contributed by atoms with Gasteiger partial charge in [0.1, 0.15) is 11.9 Å². The van der Waals surface area contributed by atoms with E-state index in [1.165, 1.54) is 6.42 Å². The molecule has 0 aromatic carbocycles. The molecule has 2 fully saturated rings. The molecule has 0 radical (unpaired) electrons. The number of furan rings is 1. The molecule has 130 valence electrons. The van der Waals surface area contributed by atoms with Gasteiger partial charge in [0.15, 0.2) is 0 Å². The molecule has 4 heterocycles. The van der Waals surface area contributed by atoms with Crippen LogP contribution in [-0.2, 0) is 22.6 Å². The Morgan fingerprint density at radius 2 is 2.33 bits per heavy atom. The monoisotopic (exact) mass is 331 g/mol. The maximum absolute atomic E-state index is 6.18. The third-order valence-corrected chi connectivity index (χ3v) is 4.95. The van der Waals surface area contributed by atoms with Gasteiger partial charge in [-0.2, -0.15) is 5.10 Å². The molecule has 6 heteroatoms. The smallest absolute Gasteiger partial charge is 0.117 e. The van der Waals surface area contributed by atoms with Crippen molar-refractivity contribution in [2.75, 3.05) is 19.8 Å². The van der Waals surface area contributed by atoms with Gasteiger partial charge in [0.05, 0.1) is 18.9 Å². The Morgan fingerprint density at radius 3 is 3.17 bits per heavy atom. The van der Waals surface area contributed by atoms with Crippen LogP contribution in [0.1, 0.15) is 25.0 Å². The Labute approximate surface area is 142 Å². The molecule has 0 unspecified atom stereocenters. The fraction of sp³-hybridized carbons (Fsp3) is 0.611. The van der Waals surface area contributed by atoms with Gasteiger partial charge in [0.25, 0.3) is 0 Å². The molecule has 0 spiro atoms. The first kappa shape index (κ1) is 15.9.